The number of benzene rings is 1. The van der Waals surface area contributed by atoms with Gasteiger partial charge in [0, 0.05) is 10.4 Å². The van der Waals surface area contributed by atoms with E-state index in [0.29, 0.717) is 22.5 Å². The van der Waals surface area contributed by atoms with Crippen molar-refractivity contribution in [2.24, 2.45) is 0 Å². The lowest BCUT2D eigenvalue weighted by Crippen LogP contribution is -2.08. The Bertz CT molecular complexity index is 583. The van der Waals surface area contributed by atoms with Gasteiger partial charge in [0.15, 0.2) is 10.8 Å². The Morgan fingerprint density at radius 1 is 1.45 bits per heavy atom. The van der Waals surface area contributed by atoms with Gasteiger partial charge in [0.25, 0.3) is 0 Å². The highest BCUT2D eigenvalue weighted by atomic mass is 35.5. The zero-order valence-corrected chi connectivity index (χ0v) is 12.8. The number of ether oxygens (including phenoxy) is 1. The van der Waals surface area contributed by atoms with Crippen LogP contribution in [0.2, 0.25) is 5.02 Å². The van der Waals surface area contributed by atoms with Gasteiger partial charge in [0.2, 0.25) is 0 Å². The molecule has 106 valence electrons. The van der Waals surface area contributed by atoms with Crippen LogP contribution in [0.4, 0.5) is 5.13 Å². The largest absolute Gasteiger partial charge is 0.461 e. The van der Waals surface area contributed by atoms with Crippen molar-refractivity contribution in [3.8, 4) is 0 Å². The summed E-state index contributed by atoms with van der Waals surface area (Å²) in [7, 11) is 0. The first-order valence-electron chi connectivity index (χ1n) is 6.24. The zero-order valence-electron chi connectivity index (χ0n) is 11.2. The summed E-state index contributed by atoms with van der Waals surface area (Å²) in [5, 5.41) is 6.34. The van der Waals surface area contributed by atoms with Crippen molar-refractivity contribution in [1.82, 2.24) is 4.98 Å². The number of hydrogen-bond donors (Lipinski definition) is 1. The fraction of sp³-hybridized carbons (Fsp3) is 0.286. The number of nitrogens with zero attached hydrogens (tertiary/aromatic N) is 1. The van der Waals surface area contributed by atoms with Crippen molar-refractivity contribution in [3.05, 3.63) is 45.9 Å². The molecule has 0 spiro atoms. The Morgan fingerprint density at radius 2 is 2.15 bits per heavy atom. The number of rotatable bonds is 5. The summed E-state index contributed by atoms with van der Waals surface area (Å²) in [6.45, 7) is 4.14. The summed E-state index contributed by atoms with van der Waals surface area (Å²) in [6, 6.07) is 7.69. The van der Waals surface area contributed by atoms with Crippen LogP contribution < -0.4 is 5.32 Å². The third-order valence-electron chi connectivity index (χ3n) is 2.70. The highest BCUT2D eigenvalue weighted by molar-refractivity contribution is 7.13. The van der Waals surface area contributed by atoms with Crippen LogP contribution in [0, 0.1) is 0 Å². The number of thiazole rings is 1. The number of carbonyl (C=O) groups is 1. The lowest BCUT2D eigenvalue weighted by molar-refractivity contribution is 0.0520. The van der Waals surface area contributed by atoms with Crippen molar-refractivity contribution < 1.29 is 9.53 Å². The minimum Gasteiger partial charge on any atom is -0.461 e. The number of hydrogen-bond acceptors (Lipinski definition) is 5. The first kappa shape index (κ1) is 14.8. The van der Waals surface area contributed by atoms with E-state index >= 15 is 0 Å². The van der Waals surface area contributed by atoms with Crippen LogP contribution in [0.1, 0.15) is 35.9 Å². The SMILES string of the molecule is CCOC(=O)c1csc(NC(C)c2ccc(Cl)cc2)n1. The molecule has 2 rings (SSSR count). The number of halogens is 1. The van der Waals surface area contributed by atoms with Gasteiger partial charge in [0.1, 0.15) is 0 Å². The van der Waals surface area contributed by atoms with Gasteiger partial charge in [-0.3, -0.25) is 0 Å². The van der Waals surface area contributed by atoms with E-state index in [1.807, 2.05) is 31.2 Å². The summed E-state index contributed by atoms with van der Waals surface area (Å²) in [5.74, 6) is -0.393. The van der Waals surface area contributed by atoms with Crippen molar-refractivity contribution in [1.29, 1.82) is 0 Å². The maximum atomic E-state index is 11.5. The molecule has 6 heteroatoms. The monoisotopic (exact) mass is 310 g/mol. The molecule has 1 N–H and O–H groups in total. The lowest BCUT2D eigenvalue weighted by atomic mass is 10.1. The Balaban J connectivity index is 2.03. The van der Waals surface area contributed by atoms with Crippen molar-refractivity contribution >= 4 is 34.0 Å². The minimum absolute atomic E-state index is 0.0773. The smallest absolute Gasteiger partial charge is 0.357 e. The third-order valence-corrected chi connectivity index (χ3v) is 3.72. The molecule has 1 atom stereocenters. The lowest BCUT2D eigenvalue weighted by Gasteiger charge is -2.13. The summed E-state index contributed by atoms with van der Waals surface area (Å²) in [5.41, 5.74) is 1.44. The van der Waals surface area contributed by atoms with E-state index in [-0.39, 0.29) is 6.04 Å². The van der Waals surface area contributed by atoms with Crippen LogP contribution in [0.15, 0.2) is 29.6 Å². The van der Waals surface area contributed by atoms with Gasteiger partial charge in [0.05, 0.1) is 12.6 Å². The Labute approximate surface area is 126 Å². The van der Waals surface area contributed by atoms with E-state index in [2.05, 4.69) is 10.3 Å². The molecule has 4 nitrogen and oxygen atoms in total. The molecule has 1 aromatic carbocycles. The molecule has 1 unspecified atom stereocenters. The van der Waals surface area contributed by atoms with Crippen LogP contribution >= 0.6 is 22.9 Å². The fourth-order valence-corrected chi connectivity index (χ4v) is 2.55. The van der Waals surface area contributed by atoms with Gasteiger partial charge in [-0.15, -0.1) is 11.3 Å². The van der Waals surface area contributed by atoms with Gasteiger partial charge in [-0.05, 0) is 31.5 Å². The minimum atomic E-state index is -0.393. The molecule has 0 aliphatic rings. The molecule has 20 heavy (non-hydrogen) atoms. The second-order valence-electron chi connectivity index (χ2n) is 4.18. The molecule has 2 aromatic rings. The second kappa shape index (κ2) is 6.72. The van der Waals surface area contributed by atoms with E-state index in [0.717, 1.165) is 5.56 Å². The number of esters is 1. The van der Waals surface area contributed by atoms with Gasteiger partial charge < -0.3 is 10.1 Å². The topological polar surface area (TPSA) is 51.2 Å². The van der Waals surface area contributed by atoms with Crippen LogP contribution in [0.25, 0.3) is 0 Å². The Morgan fingerprint density at radius 3 is 2.80 bits per heavy atom. The number of carbonyl (C=O) groups excluding carboxylic acids is 1. The Hall–Kier alpha value is -1.59. The summed E-state index contributed by atoms with van der Waals surface area (Å²) in [4.78, 5) is 15.7. The molecule has 1 aromatic heterocycles. The molecule has 0 saturated carbocycles. The van der Waals surface area contributed by atoms with Crippen molar-refractivity contribution in [2.45, 2.75) is 19.9 Å². The maximum absolute atomic E-state index is 11.5. The Kier molecular flexibility index (Phi) is 4.98. The first-order chi connectivity index (χ1) is 9.60. The van der Waals surface area contributed by atoms with Crippen molar-refractivity contribution in [2.75, 3.05) is 11.9 Å². The fourth-order valence-electron chi connectivity index (χ4n) is 1.66. The second-order valence-corrected chi connectivity index (χ2v) is 5.47. The maximum Gasteiger partial charge on any atom is 0.357 e. The normalized spacial score (nSPS) is 11.9. The molecule has 0 aliphatic carbocycles. The number of aromatic nitrogens is 1. The molecule has 0 saturated heterocycles. The van der Waals surface area contributed by atoms with E-state index < -0.39 is 5.97 Å². The highest BCUT2D eigenvalue weighted by Crippen LogP contribution is 2.23. The van der Waals surface area contributed by atoms with Crippen LogP contribution in [-0.4, -0.2) is 17.6 Å². The summed E-state index contributed by atoms with van der Waals surface area (Å²) < 4.78 is 4.91. The molecule has 1 heterocycles. The predicted octanol–water partition coefficient (Wildman–Crippen LogP) is 4.15. The van der Waals surface area contributed by atoms with E-state index in [1.165, 1.54) is 11.3 Å². The molecular weight excluding hydrogens is 296 g/mol. The van der Waals surface area contributed by atoms with E-state index in [4.69, 9.17) is 16.3 Å². The van der Waals surface area contributed by atoms with Crippen LogP contribution in [0.3, 0.4) is 0 Å². The molecule has 0 aliphatic heterocycles. The van der Waals surface area contributed by atoms with Crippen LogP contribution in [0.5, 0.6) is 0 Å². The standard InChI is InChI=1S/C14H15ClN2O2S/c1-3-19-13(18)12-8-20-14(17-12)16-9(2)10-4-6-11(15)7-5-10/h4-9H,3H2,1-2H3,(H,16,17). The number of nitrogens with one attached hydrogen (secondary N) is 1. The molecule has 0 bridgehead atoms. The predicted molar refractivity (Wildman–Crippen MR) is 81.6 cm³/mol. The van der Waals surface area contributed by atoms with Gasteiger partial charge in [-0.2, -0.15) is 0 Å². The summed E-state index contributed by atoms with van der Waals surface area (Å²) >= 11 is 7.24. The highest BCUT2D eigenvalue weighted by Gasteiger charge is 2.13. The molecular formula is C14H15ClN2O2S. The van der Waals surface area contributed by atoms with Gasteiger partial charge in [-0.25, -0.2) is 9.78 Å². The molecule has 0 fully saturated rings. The average molecular weight is 311 g/mol. The van der Waals surface area contributed by atoms with Crippen LogP contribution in [-0.2, 0) is 4.74 Å². The average Bonchev–Trinajstić information content (AvgIpc) is 2.88. The molecule has 0 radical (unpaired) electrons. The zero-order chi connectivity index (χ0) is 14.5. The van der Waals surface area contributed by atoms with E-state index in [9.17, 15) is 4.79 Å². The summed E-state index contributed by atoms with van der Waals surface area (Å²) in [6.07, 6.45) is 0. The quantitative estimate of drug-likeness (QED) is 0.843. The first-order valence-corrected chi connectivity index (χ1v) is 7.50. The third kappa shape index (κ3) is 3.71. The van der Waals surface area contributed by atoms with Gasteiger partial charge >= 0.3 is 5.97 Å². The molecule has 0 amide bonds. The van der Waals surface area contributed by atoms with Crippen molar-refractivity contribution in [3.63, 3.8) is 0 Å². The van der Waals surface area contributed by atoms with E-state index in [1.54, 1.807) is 12.3 Å². The number of anilines is 1. The van der Waals surface area contributed by atoms with Gasteiger partial charge in [-0.1, -0.05) is 23.7 Å².